The molecule has 1 heterocycles. The molecule has 30 heavy (non-hydrogen) atoms. The van der Waals surface area contributed by atoms with E-state index in [4.69, 9.17) is 21.1 Å². The van der Waals surface area contributed by atoms with E-state index < -0.39 is 22.7 Å². The van der Waals surface area contributed by atoms with Gasteiger partial charge in [-0.3, -0.25) is 4.79 Å². The maximum Gasteiger partial charge on any atom is 0.417 e. The van der Waals surface area contributed by atoms with Gasteiger partial charge in [0.1, 0.15) is 24.4 Å². The van der Waals surface area contributed by atoms with Crippen LogP contribution in [0.5, 0.6) is 11.5 Å². The number of nitrogens with one attached hydrogen (secondary N) is 2. The fourth-order valence-corrected chi connectivity index (χ4v) is 2.85. The van der Waals surface area contributed by atoms with Gasteiger partial charge in [-0.15, -0.1) is 0 Å². The van der Waals surface area contributed by atoms with E-state index in [1.807, 2.05) is 6.07 Å². The number of rotatable bonds is 5. The number of amides is 1. The normalized spacial score (nSPS) is 15.8. The minimum atomic E-state index is -4.67. The van der Waals surface area contributed by atoms with Gasteiger partial charge in [0.05, 0.1) is 17.1 Å². The molecule has 0 bridgehead atoms. The van der Waals surface area contributed by atoms with E-state index >= 15 is 0 Å². The van der Waals surface area contributed by atoms with Crippen LogP contribution in [-0.2, 0) is 11.0 Å². The molecular formula is C20H15ClF3N3O3. The topological polar surface area (TPSA) is 83.4 Å². The van der Waals surface area contributed by atoms with Gasteiger partial charge in [-0.25, -0.2) is 0 Å². The van der Waals surface area contributed by atoms with E-state index in [0.29, 0.717) is 17.6 Å². The van der Waals surface area contributed by atoms with E-state index in [-0.39, 0.29) is 30.5 Å². The molecule has 3 rings (SSSR count). The summed E-state index contributed by atoms with van der Waals surface area (Å²) in [6, 6.07) is 11.8. The van der Waals surface area contributed by atoms with Crippen LogP contribution < -0.4 is 20.1 Å². The zero-order valence-corrected chi connectivity index (χ0v) is 16.1. The third kappa shape index (κ3) is 5.15. The first-order valence-corrected chi connectivity index (χ1v) is 9.06. The molecule has 2 aromatic rings. The van der Waals surface area contributed by atoms with Gasteiger partial charge in [0.15, 0.2) is 11.5 Å². The molecule has 0 radical (unpaired) electrons. The van der Waals surface area contributed by atoms with Crippen molar-refractivity contribution in [3.8, 4) is 17.6 Å². The van der Waals surface area contributed by atoms with Gasteiger partial charge in [-0.2, -0.15) is 18.4 Å². The molecule has 0 aliphatic carbocycles. The van der Waals surface area contributed by atoms with Gasteiger partial charge in [-0.05, 0) is 30.3 Å². The van der Waals surface area contributed by atoms with Crippen molar-refractivity contribution in [2.24, 2.45) is 0 Å². The highest BCUT2D eigenvalue weighted by atomic mass is 35.5. The molecule has 1 aliphatic heterocycles. The average Bonchev–Trinajstić information content (AvgIpc) is 2.71. The van der Waals surface area contributed by atoms with Gasteiger partial charge in [0.25, 0.3) is 5.91 Å². The third-order valence-electron chi connectivity index (χ3n) is 4.05. The molecule has 0 aromatic heterocycles. The van der Waals surface area contributed by atoms with Crippen molar-refractivity contribution < 1.29 is 27.4 Å². The van der Waals surface area contributed by atoms with E-state index in [2.05, 4.69) is 10.6 Å². The minimum absolute atomic E-state index is 0.140. The highest BCUT2D eigenvalue weighted by Crippen LogP contribution is 2.36. The molecule has 1 aliphatic rings. The summed E-state index contributed by atoms with van der Waals surface area (Å²) in [7, 11) is 0. The lowest BCUT2D eigenvalue weighted by atomic mass is 10.2. The van der Waals surface area contributed by atoms with Crippen LogP contribution in [0.25, 0.3) is 0 Å². The highest BCUT2D eigenvalue weighted by Gasteiger charge is 2.33. The Morgan fingerprint density at radius 1 is 1.27 bits per heavy atom. The van der Waals surface area contributed by atoms with E-state index in [1.165, 1.54) is 12.3 Å². The van der Waals surface area contributed by atoms with Gasteiger partial charge < -0.3 is 20.1 Å². The number of hydrogen-bond donors (Lipinski definition) is 2. The Labute approximate surface area is 174 Å². The molecule has 0 fully saturated rings. The lowest BCUT2D eigenvalue weighted by Gasteiger charge is -2.26. The van der Waals surface area contributed by atoms with Crippen LogP contribution in [0.2, 0.25) is 5.02 Å². The van der Waals surface area contributed by atoms with E-state index in [9.17, 15) is 23.2 Å². The second-order valence-corrected chi connectivity index (χ2v) is 6.63. The SMILES string of the molecule is N#C/C(=C/NCC1COc2ccccc2O1)C(=O)Nc1ccc(Cl)c(C(F)(F)F)c1. The van der Waals surface area contributed by atoms with Crippen molar-refractivity contribution in [2.45, 2.75) is 12.3 Å². The predicted octanol–water partition coefficient (Wildman–Crippen LogP) is 4.13. The summed E-state index contributed by atoms with van der Waals surface area (Å²) in [6.07, 6.45) is -3.86. The maximum absolute atomic E-state index is 12.9. The van der Waals surface area contributed by atoms with Crippen LogP contribution in [-0.4, -0.2) is 25.2 Å². The Hall–Kier alpha value is -3.38. The number of nitriles is 1. The molecule has 0 saturated heterocycles. The fraction of sp³-hybridized carbons (Fsp3) is 0.200. The molecule has 1 atom stereocenters. The molecular weight excluding hydrogens is 423 g/mol. The molecule has 156 valence electrons. The average molecular weight is 438 g/mol. The molecule has 0 saturated carbocycles. The predicted molar refractivity (Wildman–Crippen MR) is 103 cm³/mol. The lowest BCUT2D eigenvalue weighted by molar-refractivity contribution is -0.137. The number of halogens is 4. The third-order valence-corrected chi connectivity index (χ3v) is 4.38. The van der Waals surface area contributed by atoms with Gasteiger partial charge in [0, 0.05) is 11.9 Å². The molecule has 1 unspecified atom stereocenters. The molecule has 6 nitrogen and oxygen atoms in total. The maximum atomic E-state index is 12.9. The van der Waals surface area contributed by atoms with Crippen molar-refractivity contribution in [2.75, 3.05) is 18.5 Å². The highest BCUT2D eigenvalue weighted by molar-refractivity contribution is 6.31. The summed E-state index contributed by atoms with van der Waals surface area (Å²) in [6.45, 7) is 0.517. The second-order valence-electron chi connectivity index (χ2n) is 6.22. The molecule has 1 amide bonds. The van der Waals surface area contributed by atoms with Gasteiger partial charge in [0.2, 0.25) is 0 Å². The van der Waals surface area contributed by atoms with Crippen molar-refractivity contribution in [3.05, 3.63) is 64.8 Å². The first-order valence-electron chi connectivity index (χ1n) is 8.68. The fourth-order valence-electron chi connectivity index (χ4n) is 2.62. The lowest BCUT2D eigenvalue weighted by Crippen LogP contribution is -2.37. The number of fused-ring (bicyclic) bond motifs is 1. The van der Waals surface area contributed by atoms with Crippen LogP contribution in [0.1, 0.15) is 5.56 Å². The van der Waals surface area contributed by atoms with Crippen molar-refractivity contribution in [3.63, 3.8) is 0 Å². The number of para-hydroxylation sites is 2. The number of carbonyl (C=O) groups is 1. The smallest absolute Gasteiger partial charge is 0.417 e. The molecule has 2 N–H and O–H groups in total. The summed E-state index contributed by atoms with van der Waals surface area (Å²) in [5, 5.41) is 13.7. The standard InChI is InChI=1S/C20H15ClF3N3O3/c21-16-6-5-13(7-15(16)20(22,23)24)27-19(28)12(8-25)9-26-10-14-11-29-17-3-1-2-4-18(17)30-14/h1-7,9,14,26H,10-11H2,(H,27,28)/b12-9-. The summed E-state index contributed by atoms with van der Waals surface area (Å²) >= 11 is 5.55. The quantitative estimate of drug-likeness (QED) is 0.542. The second kappa shape index (κ2) is 8.97. The van der Waals surface area contributed by atoms with Crippen LogP contribution >= 0.6 is 11.6 Å². The Bertz CT molecular complexity index is 1020. The number of hydrogen-bond acceptors (Lipinski definition) is 5. The first-order chi connectivity index (χ1) is 14.3. The zero-order valence-electron chi connectivity index (χ0n) is 15.3. The monoisotopic (exact) mass is 437 g/mol. The largest absolute Gasteiger partial charge is 0.486 e. The number of nitrogens with zero attached hydrogens (tertiary/aromatic N) is 1. The molecule has 0 spiro atoms. The zero-order chi connectivity index (χ0) is 21.7. The summed E-state index contributed by atoms with van der Waals surface area (Å²) in [5.41, 5.74) is -1.55. The number of carbonyl (C=O) groups excluding carboxylic acids is 1. The van der Waals surface area contributed by atoms with Gasteiger partial charge in [-0.1, -0.05) is 23.7 Å². The van der Waals surface area contributed by atoms with Crippen molar-refractivity contribution in [1.29, 1.82) is 5.26 Å². The van der Waals surface area contributed by atoms with E-state index in [0.717, 1.165) is 6.07 Å². The van der Waals surface area contributed by atoms with Gasteiger partial charge >= 0.3 is 6.18 Å². The number of alkyl halides is 3. The van der Waals surface area contributed by atoms with E-state index in [1.54, 1.807) is 24.3 Å². The summed E-state index contributed by atoms with van der Waals surface area (Å²) in [4.78, 5) is 12.2. The van der Waals surface area contributed by atoms with Crippen LogP contribution in [0.4, 0.5) is 18.9 Å². The van der Waals surface area contributed by atoms with Crippen molar-refractivity contribution >= 4 is 23.2 Å². The van der Waals surface area contributed by atoms with Crippen LogP contribution in [0.15, 0.2) is 54.2 Å². The first kappa shape index (κ1) is 21.3. The Balaban J connectivity index is 1.60. The number of anilines is 1. The van der Waals surface area contributed by atoms with Crippen molar-refractivity contribution in [1.82, 2.24) is 5.32 Å². The van der Waals surface area contributed by atoms with Crippen LogP contribution in [0.3, 0.4) is 0 Å². The number of benzene rings is 2. The summed E-state index contributed by atoms with van der Waals surface area (Å²) < 4.78 is 50.1. The Morgan fingerprint density at radius 3 is 2.70 bits per heavy atom. The Morgan fingerprint density at radius 2 is 2.00 bits per heavy atom. The number of ether oxygens (including phenoxy) is 2. The molecule has 10 heteroatoms. The summed E-state index contributed by atoms with van der Waals surface area (Å²) in [5.74, 6) is 0.343. The Kier molecular flexibility index (Phi) is 6.37. The minimum Gasteiger partial charge on any atom is -0.486 e. The van der Waals surface area contributed by atoms with Crippen LogP contribution in [0, 0.1) is 11.3 Å². The molecule has 2 aromatic carbocycles.